The van der Waals surface area contributed by atoms with Gasteiger partial charge in [-0.15, -0.1) is 0 Å². The Labute approximate surface area is 120 Å². The Morgan fingerprint density at radius 2 is 1.95 bits per heavy atom. The lowest BCUT2D eigenvalue weighted by atomic mass is 10.1. The van der Waals surface area contributed by atoms with Gasteiger partial charge in [0.05, 0.1) is 16.3 Å². The van der Waals surface area contributed by atoms with Crippen LogP contribution in [0.1, 0.15) is 18.5 Å². The van der Waals surface area contributed by atoms with Crippen molar-refractivity contribution in [3.05, 3.63) is 53.8 Å². The lowest BCUT2D eigenvalue weighted by Gasteiger charge is -2.12. The van der Waals surface area contributed by atoms with Crippen LogP contribution in [0.3, 0.4) is 0 Å². The summed E-state index contributed by atoms with van der Waals surface area (Å²) in [5.41, 5.74) is 8.45. The molecule has 0 radical (unpaired) electrons. The van der Waals surface area contributed by atoms with Gasteiger partial charge in [0.1, 0.15) is 5.82 Å². The molecular formula is C15H14FN3S. The lowest BCUT2D eigenvalue weighted by molar-refractivity contribution is 0.626. The van der Waals surface area contributed by atoms with Crippen LogP contribution in [-0.4, -0.2) is 4.98 Å². The minimum atomic E-state index is -0.226. The highest BCUT2D eigenvalue weighted by atomic mass is 32.1. The normalized spacial score (nSPS) is 12.5. The number of fused-ring (bicyclic) bond motifs is 1. The van der Waals surface area contributed by atoms with Crippen molar-refractivity contribution in [2.75, 3.05) is 11.1 Å². The molecule has 0 saturated carbocycles. The molecule has 0 amide bonds. The highest BCUT2D eigenvalue weighted by Gasteiger charge is 2.09. The van der Waals surface area contributed by atoms with E-state index in [2.05, 4.69) is 10.3 Å². The van der Waals surface area contributed by atoms with Gasteiger partial charge >= 0.3 is 0 Å². The van der Waals surface area contributed by atoms with E-state index in [0.29, 0.717) is 0 Å². The number of anilines is 2. The Morgan fingerprint density at radius 1 is 1.20 bits per heavy atom. The third kappa shape index (κ3) is 2.58. The van der Waals surface area contributed by atoms with Crippen LogP contribution in [0.25, 0.3) is 10.2 Å². The van der Waals surface area contributed by atoms with Crippen LogP contribution in [0, 0.1) is 5.82 Å². The van der Waals surface area contributed by atoms with Crippen molar-refractivity contribution in [3.63, 3.8) is 0 Å². The number of nitrogens with one attached hydrogen (secondary N) is 1. The van der Waals surface area contributed by atoms with Gasteiger partial charge in [0, 0.05) is 5.69 Å². The molecule has 1 aromatic heterocycles. The number of hydrogen-bond donors (Lipinski definition) is 2. The highest BCUT2D eigenvalue weighted by Crippen LogP contribution is 2.29. The van der Waals surface area contributed by atoms with Crippen LogP contribution >= 0.6 is 11.3 Å². The van der Waals surface area contributed by atoms with Gasteiger partial charge in [0.2, 0.25) is 0 Å². The molecule has 2 aromatic carbocycles. The first-order valence-electron chi connectivity index (χ1n) is 6.30. The number of hydrogen-bond acceptors (Lipinski definition) is 4. The molecule has 20 heavy (non-hydrogen) atoms. The zero-order chi connectivity index (χ0) is 14.1. The summed E-state index contributed by atoms with van der Waals surface area (Å²) in [4.78, 5) is 4.51. The first kappa shape index (κ1) is 12.9. The fourth-order valence-electron chi connectivity index (χ4n) is 2.02. The maximum atomic E-state index is 12.9. The van der Waals surface area contributed by atoms with Gasteiger partial charge in [-0.3, -0.25) is 0 Å². The Kier molecular flexibility index (Phi) is 3.28. The van der Waals surface area contributed by atoms with E-state index in [-0.39, 0.29) is 11.9 Å². The topological polar surface area (TPSA) is 50.9 Å². The van der Waals surface area contributed by atoms with Crippen molar-refractivity contribution >= 4 is 32.4 Å². The van der Waals surface area contributed by atoms with Crippen LogP contribution in [0.2, 0.25) is 0 Å². The van der Waals surface area contributed by atoms with Crippen molar-refractivity contribution in [2.45, 2.75) is 13.0 Å². The maximum absolute atomic E-state index is 12.9. The number of nitrogen functional groups attached to an aromatic ring is 1. The largest absolute Gasteiger partial charge is 0.399 e. The van der Waals surface area contributed by atoms with Gasteiger partial charge in [0.25, 0.3) is 0 Å². The van der Waals surface area contributed by atoms with Gasteiger partial charge < -0.3 is 11.1 Å². The average Bonchev–Trinajstić information content (AvgIpc) is 2.80. The first-order valence-corrected chi connectivity index (χ1v) is 7.11. The van der Waals surface area contributed by atoms with Gasteiger partial charge in [-0.2, -0.15) is 0 Å². The van der Waals surface area contributed by atoms with E-state index in [1.54, 1.807) is 23.5 Å². The minimum Gasteiger partial charge on any atom is -0.399 e. The van der Waals surface area contributed by atoms with E-state index in [0.717, 1.165) is 26.6 Å². The molecule has 3 nitrogen and oxygen atoms in total. The predicted octanol–water partition coefficient (Wildman–Crippen LogP) is 4.19. The molecule has 1 heterocycles. The monoisotopic (exact) mass is 287 g/mol. The second-order valence-electron chi connectivity index (χ2n) is 4.66. The Morgan fingerprint density at radius 3 is 2.70 bits per heavy atom. The molecule has 3 aromatic rings. The van der Waals surface area contributed by atoms with Gasteiger partial charge in [-0.05, 0) is 42.8 Å². The molecule has 0 aliphatic carbocycles. The van der Waals surface area contributed by atoms with Gasteiger partial charge in [-0.1, -0.05) is 23.5 Å². The van der Waals surface area contributed by atoms with Crippen LogP contribution < -0.4 is 11.1 Å². The van der Waals surface area contributed by atoms with E-state index in [1.165, 1.54) is 12.1 Å². The van der Waals surface area contributed by atoms with Crippen LogP contribution in [0.15, 0.2) is 42.5 Å². The molecule has 0 aliphatic heterocycles. The zero-order valence-electron chi connectivity index (χ0n) is 10.9. The van der Waals surface area contributed by atoms with Crippen LogP contribution in [0.4, 0.5) is 15.2 Å². The standard InChI is InChI=1S/C15H14FN3S/c1-9(10-2-4-11(16)5-3-10)18-15-19-13-7-6-12(17)8-14(13)20-15/h2-9H,17H2,1H3,(H,18,19). The number of halogens is 1. The van der Waals surface area contributed by atoms with Gasteiger partial charge in [-0.25, -0.2) is 9.37 Å². The quantitative estimate of drug-likeness (QED) is 0.710. The zero-order valence-corrected chi connectivity index (χ0v) is 11.7. The molecule has 1 unspecified atom stereocenters. The van der Waals surface area contributed by atoms with Crippen molar-refractivity contribution in [3.8, 4) is 0 Å². The van der Waals surface area contributed by atoms with Crippen LogP contribution in [0.5, 0.6) is 0 Å². The molecule has 102 valence electrons. The summed E-state index contributed by atoms with van der Waals surface area (Å²) in [6.07, 6.45) is 0. The Balaban J connectivity index is 1.83. The fraction of sp³-hybridized carbons (Fsp3) is 0.133. The number of nitrogens with zero attached hydrogens (tertiary/aromatic N) is 1. The third-order valence-corrected chi connectivity index (χ3v) is 4.07. The predicted molar refractivity (Wildman–Crippen MR) is 82.5 cm³/mol. The van der Waals surface area contributed by atoms with Gasteiger partial charge in [0.15, 0.2) is 5.13 Å². The molecule has 5 heteroatoms. The number of nitrogens with two attached hydrogens (primary N) is 1. The lowest BCUT2D eigenvalue weighted by Crippen LogP contribution is -2.06. The summed E-state index contributed by atoms with van der Waals surface area (Å²) in [5.74, 6) is -0.226. The SMILES string of the molecule is CC(Nc1nc2ccc(N)cc2s1)c1ccc(F)cc1. The van der Waals surface area contributed by atoms with E-state index in [1.807, 2.05) is 25.1 Å². The summed E-state index contributed by atoms with van der Waals surface area (Å²) >= 11 is 1.56. The minimum absolute atomic E-state index is 0.0634. The number of aromatic nitrogens is 1. The summed E-state index contributed by atoms with van der Waals surface area (Å²) < 4.78 is 14.0. The summed E-state index contributed by atoms with van der Waals surface area (Å²) in [5, 5.41) is 4.17. The molecule has 3 N–H and O–H groups in total. The molecule has 0 fully saturated rings. The second-order valence-corrected chi connectivity index (χ2v) is 5.69. The maximum Gasteiger partial charge on any atom is 0.184 e. The van der Waals surface area contributed by atoms with Crippen molar-refractivity contribution in [2.24, 2.45) is 0 Å². The number of rotatable bonds is 3. The molecule has 1 atom stereocenters. The van der Waals surface area contributed by atoms with E-state index >= 15 is 0 Å². The van der Waals surface area contributed by atoms with Crippen molar-refractivity contribution < 1.29 is 4.39 Å². The molecule has 0 bridgehead atoms. The van der Waals surface area contributed by atoms with Crippen molar-refractivity contribution in [1.82, 2.24) is 4.98 Å². The summed E-state index contributed by atoms with van der Waals surface area (Å²) in [7, 11) is 0. The molecule has 0 spiro atoms. The number of thiazole rings is 1. The van der Waals surface area contributed by atoms with E-state index in [9.17, 15) is 4.39 Å². The smallest absolute Gasteiger partial charge is 0.184 e. The highest BCUT2D eigenvalue weighted by molar-refractivity contribution is 7.22. The Hall–Kier alpha value is -2.14. The summed E-state index contributed by atoms with van der Waals surface area (Å²) in [6, 6.07) is 12.2. The molecular weight excluding hydrogens is 273 g/mol. The molecule has 3 rings (SSSR count). The average molecular weight is 287 g/mol. The first-order chi connectivity index (χ1) is 9.61. The van der Waals surface area contributed by atoms with Crippen molar-refractivity contribution in [1.29, 1.82) is 0 Å². The molecule has 0 saturated heterocycles. The molecule has 0 aliphatic rings. The Bertz CT molecular complexity index is 736. The number of benzene rings is 2. The van der Waals surface area contributed by atoms with Crippen LogP contribution in [-0.2, 0) is 0 Å². The fourth-order valence-corrected chi connectivity index (χ4v) is 3.02. The van der Waals surface area contributed by atoms with E-state index < -0.39 is 0 Å². The second kappa shape index (κ2) is 5.09. The van der Waals surface area contributed by atoms with E-state index in [4.69, 9.17) is 5.73 Å². The summed E-state index contributed by atoms with van der Waals surface area (Å²) in [6.45, 7) is 2.02. The third-order valence-electron chi connectivity index (χ3n) is 3.12.